The number of rotatable bonds is 6. The van der Waals surface area contributed by atoms with Crippen molar-refractivity contribution in [3.8, 4) is 0 Å². The Labute approximate surface area is 153 Å². The van der Waals surface area contributed by atoms with Crippen LogP contribution >= 0.6 is 0 Å². The Bertz CT molecular complexity index is 577. The SMILES string of the molecule is CC1(C)O[C@H]([C@H](O[Si](C)(C)C(C)(C)C)c2ccccc2)[C@@H](CC=O)O1. The minimum Gasteiger partial charge on any atom is -0.407 e. The van der Waals surface area contributed by atoms with Gasteiger partial charge in [0, 0.05) is 6.42 Å². The first kappa shape index (κ1) is 20.3. The molecule has 0 bridgehead atoms. The zero-order chi connectivity index (χ0) is 18.9. The first-order chi connectivity index (χ1) is 11.5. The van der Waals surface area contributed by atoms with E-state index in [-0.39, 0.29) is 23.4 Å². The van der Waals surface area contributed by atoms with Gasteiger partial charge in [-0.15, -0.1) is 0 Å². The van der Waals surface area contributed by atoms with Gasteiger partial charge in [-0.1, -0.05) is 51.1 Å². The van der Waals surface area contributed by atoms with Crippen LogP contribution in [-0.2, 0) is 18.7 Å². The molecule has 1 fully saturated rings. The standard InChI is InChI=1S/C20H32O4Si/c1-19(2,3)25(6,7)24-17(15-11-9-8-10-12-15)18-16(13-14-21)22-20(4,5)23-18/h8-12,14,16-18H,13H2,1-7H3/t16-,17-,18+/m1/s1. The molecule has 25 heavy (non-hydrogen) atoms. The molecule has 1 saturated heterocycles. The quantitative estimate of drug-likeness (QED) is 0.534. The molecule has 1 aromatic carbocycles. The van der Waals surface area contributed by atoms with E-state index in [9.17, 15) is 4.79 Å². The summed E-state index contributed by atoms with van der Waals surface area (Å²) in [5.41, 5.74) is 1.06. The summed E-state index contributed by atoms with van der Waals surface area (Å²) >= 11 is 0. The molecule has 3 atom stereocenters. The molecule has 4 nitrogen and oxygen atoms in total. The number of hydrogen-bond acceptors (Lipinski definition) is 4. The third kappa shape index (κ3) is 4.79. The van der Waals surface area contributed by atoms with Gasteiger partial charge in [-0.25, -0.2) is 0 Å². The lowest BCUT2D eigenvalue weighted by Gasteiger charge is -2.41. The molecular weight excluding hydrogens is 332 g/mol. The minimum atomic E-state index is -2.04. The summed E-state index contributed by atoms with van der Waals surface area (Å²) in [5.74, 6) is -0.720. The summed E-state index contributed by atoms with van der Waals surface area (Å²) in [4.78, 5) is 11.2. The van der Waals surface area contributed by atoms with Crippen LogP contribution in [-0.4, -0.2) is 32.6 Å². The summed E-state index contributed by atoms with van der Waals surface area (Å²) in [6, 6.07) is 10.1. The Balaban J connectivity index is 2.40. The van der Waals surface area contributed by atoms with Gasteiger partial charge < -0.3 is 18.7 Å². The van der Waals surface area contributed by atoms with Crippen molar-refractivity contribution in [1.82, 2.24) is 0 Å². The maximum Gasteiger partial charge on any atom is 0.193 e. The molecule has 0 amide bonds. The normalized spacial score (nSPS) is 24.9. The van der Waals surface area contributed by atoms with Crippen LogP contribution in [0.15, 0.2) is 30.3 Å². The molecule has 1 heterocycles. The first-order valence-corrected chi connectivity index (χ1v) is 11.9. The van der Waals surface area contributed by atoms with Crippen molar-refractivity contribution >= 4 is 14.6 Å². The summed E-state index contributed by atoms with van der Waals surface area (Å²) in [7, 11) is -2.04. The molecule has 0 radical (unpaired) electrons. The van der Waals surface area contributed by atoms with E-state index < -0.39 is 14.1 Å². The molecular formula is C20H32O4Si. The largest absolute Gasteiger partial charge is 0.407 e. The van der Waals surface area contributed by atoms with E-state index in [0.717, 1.165) is 11.8 Å². The fraction of sp³-hybridized carbons (Fsp3) is 0.650. The molecule has 2 rings (SSSR count). The Morgan fingerprint density at radius 3 is 2.32 bits per heavy atom. The summed E-state index contributed by atoms with van der Waals surface area (Å²) < 4.78 is 19.0. The third-order valence-corrected chi connectivity index (χ3v) is 9.66. The Morgan fingerprint density at radius 2 is 1.80 bits per heavy atom. The zero-order valence-electron chi connectivity index (χ0n) is 16.5. The van der Waals surface area contributed by atoms with Crippen molar-refractivity contribution in [3.05, 3.63) is 35.9 Å². The van der Waals surface area contributed by atoms with Crippen molar-refractivity contribution in [2.45, 2.75) is 83.3 Å². The van der Waals surface area contributed by atoms with Crippen molar-refractivity contribution in [1.29, 1.82) is 0 Å². The van der Waals surface area contributed by atoms with Gasteiger partial charge in [0.2, 0.25) is 0 Å². The van der Waals surface area contributed by atoms with Crippen molar-refractivity contribution in [2.24, 2.45) is 0 Å². The van der Waals surface area contributed by atoms with E-state index in [4.69, 9.17) is 13.9 Å². The highest BCUT2D eigenvalue weighted by atomic mass is 28.4. The van der Waals surface area contributed by atoms with E-state index in [1.54, 1.807) is 0 Å². The summed E-state index contributed by atoms with van der Waals surface area (Å²) in [6.07, 6.45) is 0.336. The number of benzene rings is 1. The average Bonchev–Trinajstić information content (AvgIpc) is 2.79. The number of hydrogen-bond donors (Lipinski definition) is 0. The summed E-state index contributed by atoms with van der Waals surface area (Å²) in [5, 5.41) is 0.0785. The number of ether oxygens (including phenoxy) is 2. The van der Waals surface area contributed by atoms with E-state index in [1.807, 2.05) is 32.0 Å². The fourth-order valence-corrected chi connectivity index (χ4v) is 4.12. The topological polar surface area (TPSA) is 44.8 Å². The second-order valence-electron chi connectivity index (χ2n) is 8.75. The van der Waals surface area contributed by atoms with Crippen LogP contribution in [0.4, 0.5) is 0 Å². The number of aldehydes is 1. The van der Waals surface area contributed by atoms with Gasteiger partial charge in [-0.3, -0.25) is 0 Å². The lowest BCUT2D eigenvalue weighted by molar-refractivity contribution is -0.155. The molecule has 1 aromatic rings. The second-order valence-corrected chi connectivity index (χ2v) is 13.5. The van der Waals surface area contributed by atoms with Crippen LogP contribution in [0.1, 0.15) is 52.7 Å². The molecule has 1 aliphatic heterocycles. The molecule has 140 valence electrons. The third-order valence-electron chi connectivity index (χ3n) is 5.20. The lowest BCUT2D eigenvalue weighted by atomic mass is 9.99. The average molecular weight is 365 g/mol. The highest BCUT2D eigenvalue weighted by Gasteiger charge is 2.49. The lowest BCUT2D eigenvalue weighted by Crippen LogP contribution is -2.45. The van der Waals surface area contributed by atoms with Gasteiger partial charge in [0.25, 0.3) is 0 Å². The van der Waals surface area contributed by atoms with Gasteiger partial charge in [0.1, 0.15) is 12.4 Å². The minimum absolute atomic E-state index is 0.0785. The highest BCUT2D eigenvalue weighted by molar-refractivity contribution is 6.74. The van der Waals surface area contributed by atoms with Crippen molar-refractivity contribution in [2.75, 3.05) is 0 Å². The van der Waals surface area contributed by atoms with Crippen molar-refractivity contribution in [3.63, 3.8) is 0 Å². The van der Waals surface area contributed by atoms with E-state index in [1.165, 1.54) is 0 Å². The van der Waals surface area contributed by atoms with Crippen molar-refractivity contribution < 1.29 is 18.7 Å². The highest BCUT2D eigenvalue weighted by Crippen LogP contribution is 2.44. The van der Waals surface area contributed by atoms with Gasteiger partial charge in [0.15, 0.2) is 14.1 Å². The van der Waals surface area contributed by atoms with Crippen LogP contribution in [0, 0.1) is 0 Å². The maximum absolute atomic E-state index is 11.2. The molecule has 0 aromatic heterocycles. The predicted molar refractivity (Wildman–Crippen MR) is 102 cm³/mol. The monoisotopic (exact) mass is 364 g/mol. The summed E-state index contributed by atoms with van der Waals surface area (Å²) in [6.45, 7) is 14.9. The van der Waals surface area contributed by atoms with Gasteiger partial charge in [-0.05, 0) is 37.5 Å². The van der Waals surface area contributed by atoms with Gasteiger partial charge in [-0.2, -0.15) is 0 Å². The van der Waals surface area contributed by atoms with Gasteiger partial charge >= 0.3 is 0 Å². The second kappa shape index (κ2) is 7.31. The van der Waals surface area contributed by atoms with Crippen LogP contribution in [0.25, 0.3) is 0 Å². The fourth-order valence-electron chi connectivity index (χ4n) is 2.86. The molecule has 0 aliphatic carbocycles. The Hall–Kier alpha value is -1.01. The van der Waals surface area contributed by atoms with Crippen LogP contribution in [0.5, 0.6) is 0 Å². The number of carbonyl (C=O) groups is 1. The molecule has 5 heteroatoms. The Morgan fingerprint density at radius 1 is 1.20 bits per heavy atom. The smallest absolute Gasteiger partial charge is 0.193 e. The molecule has 0 spiro atoms. The maximum atomic E-state index is 11.2. The first-order valence-electron chi connectivity index (χ1n) is 8.99. The molecule has 0 N–H and O–H groups in total. The molecule has 1 aliphatic rings. The van der Waals surface area contributed by atoms with Crippen LogP contribution in [0.3, 0.4) is 0 Å². The van der Waals surface area contributed by atoms with E-state index in [2.05, 4.69) is 46.0 Å². The molecule has 0 saturated carbocycles. The van der Waals surface area contributed by atoms with Gasteiger partial charge in [0.05, 0.1) is 12.2 Å². The van der Waals surface area contributed by atoms with Crippen LogP contribution < -0.4 is 0 Å². The number of carbonyl (C=O) groups excluding carboxylic acids is 1. The Kier molecular flexibility index (Phi) is 5.94. The van der Waals surface area contributed by atoms with E-state index in [0.29, 0.717) is 6.42 Å². The molecule has 0 unspecified atom stereocenters. The van der Waals surface area contributed by atoms with Crippen LogP contribution in [0.2, 0.25) is 18.1 Å². The van der Waals surface area contributed by atoms with E-state index >= 15 is 0 Å². The predicted octanol–water partition coefficient (Wildman–Crippen LogP) is 4.86. The zero-order valence-corrected chi connectivity index (χ0v) is 17.5.